The van der Waals surface area contributed by atoms with Gasteiger partial charge in [0.25, 0.3) is 0 Å². The van der Waals surface area contributed by atoms with Gasteiger partial charge in [-0.25, -0.2) is 4.98 Å². The molecule has 0 saturated carbocycles. The Morgan fingerprint density at radius 2 is 2.11 bits per heavy atom. The normalized spacial score (nSPS) is 11.2. The Hall–Kier alpha value is -1.10. The third-order valence-corrected chi connectivity index (χ3v) is 3.05. The Morgan fingerprint density at radius 1 is 1.44 bits per heavy atom. The number of rotatable bonds is 4. The lowest BCUT2D eigenvalue weighted by Crippen LogP contribution is -2.41. The molecule has 1 heterocycles. The molecule has 0 aromatic carbocycles. The minimum absolute atomic E-state index is 0.0452. The predicted molar refractivity (Wildman–Crippen MR) is 77.7 cm³/mol. The summed E-state index contributed by atoms with van der Waals surface area (Å²) in [6.07, 6.45) is 2.20. The number of nitrogens with one attached hydrogen (secondary N) is 2. The Kier molecular flexibility index (Phi) is 5.14. The molecule has 0 atom stereocenters. The number of carbonyl (C=O) groups is 1. The molecule has 1 amide bonds. The van der Waals surface area contributed by atoms with Gasteiger partial charge in [0.05, 0.1) is 0 Å². The van der Waals surface area contributed by atoms with Gasteiger partial charge < -0.3 is 10.6 Å². The fourth-order valence-electron chi connectivity index (χ4n) is 1.42. The fraction of sp³-hybridized carbons (Fsp3) is 0.538. The monoisotopic (exact) mass is 313 g/mol. The van der Waals surface area contributed by atoms with E-state index < -0.39 is 0 Å². The molecule has 0 aliphatic heterocycles. The van der Waals surface area contributed by atoms with E-state index in [1.807, 2.05) is 33.8 Å². The second-order valence-electron chi connectivity index (χ2n) is 5.29. The van der Waals surface area contributed by atoms with E-state index in [4.69, 9.17) is 0 Å². The number of amides is 1. The van der Waals surface area contributed by atoms with Crippen LogP contribution in [0.1, 0.15) is 32.8 Å². The zero-order valence-corrected chi connectivity index (χ0v) is 12.9. The summed E-state index contributed by atoms with van der Waals surface area (Å²) in [5, 5.41) is 6.06. The van der Waals surface area contributed by atoms with Crippen LogP contribution in [0.25, 0.3) is 0 Å². The van der Waals surface area contributed by atoms with Crippen molar-refractivity contribution >= 4 is 27.7 Å². The van der Waals surface area contributed by atoms with E-state index in [0.717, 1.165) is 15.9 Å². The summed E-state index contributed by atoms with van der Waals surface area (Å²) >= 11 is 3.40. The fourth-order valence-corrected chi connectivity index (χ4v) is 1.64. The van der Waals surface area contributed by atoms with Crippen molar-refractivity contribution in [3.63, 3.8) is 0 Å². The molecular weight excluding hydrogens is 294 g/mol. The number of nitrogens with zero attached hydrogens (tertiary/aromatic N) is 1. The maximum Gasteiger partial charge on any atom is 0.222 e. The summed E-state index contributed by atoms with van der Waals surface area (Å²) in [6.45, 7) is 8.49. The van der Waals surface area contributed by atoms with E-state index in [-0.39, 0.29) is 11.4 Å². The third-order valence-electron chi connectivity index (χ3n) is 2.22. The van der Waals surface area contributed by atoms with Gasteiger partial charge in [-0.1, -0.05) is 0 Å². The number of hydrogen-bond acceptors (Lipinski definition) is 3. The zero-order chi connectivity index (χ0) is 13.8. The van der Waals surface area contributed by atoms with Crippen LogP contribution in [-0.4, -0.2) is 23.0 Å². The molecule has 0 unspecified atom stereocenters. The second kappa shape index (κ2) is 6.18. The lowest BCUT2D eigenvalue weighted by molar-refractivity contribution is -0.122. The zero-order valence-electron chi connectivity index (χ0n) is 11.3. The van der Waals surface area contributed by atoms with Crippen LogP contribution in [0.15, 0.2) is 16.7 Å². The van der Waals surface area contributed by atoms with Gasteiger partial charge in [-0.05, 0) is 55.3 Å². The first-order valence-corrected chi connectivity index (χ1v) is 6.74. The number of halogens is 1. The van der Waals surface area contributed by atoms with Crippen LogP contribution in [0.3, 0.4) is 0 Å². The smallest absolute Gasteiger partial charge is 0.222 e. The maximum atomic E-state index is 11.6. The van der Waals surface area contributed by atoms with Crippen molar-refractivity contribution in [3.8, 4) is 0 Å². The van der Waals surface area contributed by atoms with Crippen LogP contribution < -0.4 is 10.6 Å². The summed E-state index contributed by atoms with van der Waals surface area (Å²) in [5.74, 6) is 0.836. The highest BCUT2D eigenvalue weighted by molar-refractivity contribution is 9.10. The van der Waals surface area contributed by atoms with Crippen molar-refractivity contribution in [2.45, 2.75) is 39.7 Å². The quantitative estimate of drug-likeness (QED) is 0.898. The lowest BCUT2D eigenvalue weighted by atomic mass is 10.1. The van der Waals surface area contributed by atoms with Crippen LogP contribution in [0.2, 0.25) is 0 Å². The van der Waals surface area contributed by atoms with E-state index >= 15 is 0 Å². The molecule has 5 heteroatoms. The number of aryl methyl sites for hydroxylation is 1. The molecule has 4 nitrogen and oxygen atoms in total. The SMILES string of the molecule is Cc1cc(NCCC(=O)NC(C)(C)C)ncc1Br. The number of hydrogen-bond donors (Lipinski definition) is 2. The topological polar surface area (TPSA) is 54.0 Å². The largest absolute Gasteiger partial charge is 0.370 e. The van der Waals surface area contributed by atoms with Crippen molar-refractivity contribution in [1.82, 2.24) is 10.3 Å². The minimum Gasteiger partial charge on any atom is -0.370 e. The molecular formula is C13H20BrN3O. The van der Waals surface area contributed by atoms with E-state index in [9.17, 15) is 4.79 Å². The molecule has 1 aromatic rings. The van der Waals surface area contributed by atoms with E-state index in [1.54, 1.807) is 6.20 Å². The molecule has 0 aliphatic carbocycles. The van der Waals surface area contributed by atoms with Gasteiger partial charge >= 0.3 is 0 Å². The number of pyridine rings is 1. The second-order valence-corrected chi connectivity index (χ2v) is 6.15. The molecule has 0 fully saturated rings. The molecule has 0 bridgehead atoms. The van der Waals surface area contributed by atoms with E-state index in [1.165, 1.54) is 0 Å². The highest BCUT2D eigenvalue weighted by Crippen LogP contribution is 2.17. The average molecular weight is 314 g/mol. The van der Waals surface area contributed by atoms with Crippen molar-refractivity contribution in [1.29, 1.82) is 0 Å². The number of anilines is 1. The highest BCUT2D eigenvalue weighted by Gasteiger charge is 2.12. The molecule has 0 saturated heterocycles. The molecule has 2 N–H and O–H groups in total. The van der Waals surface area contributed by atoms with Crippen molar-refractivity contribution in [3.05, 3.63) is 22.3 Å². The van der Waals surface area contributed by atoms with Gasteiger partial charge in [0.1, 0.15) is 5.82 Å². The van der Waals surface area contributed by atoms with Crippen molar-refractivity contribution in [2.24, 2.45) is 0 Å². The van der Waals surface area contributed by atoms with Crippen LogP contribution in [0.4, 0.5) is 5.82 Å². The van der Waals surface area contributed by atoms with Crippen LogP contribution in [0.5, 0.6) is 0 Å². The van der Waals surface area contributed by atoms with Crippen molar-refractivity contribution < 1.29 is 4.79 Å². The summed E-state index contributed by atoms with van der Waals surface area (Å²) in [4.78, 5) is 15.8. The van der Waals surface area contributed by atoms with Crippen LogP contribution >= 0.6 is 15.9 Å². The van der Waals surface area contributed by atoms with Gasteiger partial charge in [-0.3, -0.25) is 4.79 Å². The molecule has 1 aromatic heterocycles. The van der Waals surface area contributed by atoms with E-state index in [2.05, 4.69) is 31.5 Å². The molecule has 0 aliphatic rings. The first-order chi connectivity index (χ1) is 8.28. The van der Waals surface area contributed by atoms with Crippen LogP contribution in [0, 0.1) is 6.92 Å². The Bertz CT molecular complexity index is 427. The maximum absolute atomic E-state index is 11.6. The van der Waals surface area contributed by atoms with Gasteiger partial charge in [0.2, 0.25) is 5.91 Å². The molecule has 18 heavy (non-hydrogen) atoms. The molecule has 1 rings (SSSR count). The average Bonchev–Trinajstić information content (AvgIpc) is 2.20. The molecule has 0 radical (unpaired) electrons. The summed E-state index contributed by atoms with van der Waals surface area (Å²) in [5.41, 5.74) is 0.940. The lowest BCUT2D eigenvalue weighted by Gasteiger charge is -2.20. The first kappa shape index (κ1) is 15.0. The highest BCUT2D eigenvalue weighted by atomic mass is 79.9. The summed E-state index contributed by atoms with van der Waals surface area (Å²) in [7, 11) is 0. The van der Waals surface area contributed by atoms with Crippen molar-refractivity contribution in [2.75, 3.05) is 11.9 Å². The Balaban J connectivity index is 2.38. The number of carbonyl (C=O) groups excluding carboxylic acids is 1. The number of aromatic nitrogens is 1. The van der Waals surface area contributed by atoms with Gasteiger partial charge in [0.15, 0.2) is 0 Å². The molecule has 100 valence electrons. The standard InChI is InChI=1S/C13H20BrN3O/c1-9-7-11(16-8-10(9)14)15-6-5-12(18)17-13(2,3)4/h7-8H,5-6H2,1-4H3,(H,15,16)(H,17,18). The van der Waals surface area contributed by atoms with Gasteiger partial charge in [-0.15, -0.1) is 0 Å². The predicted octanol–water partition coefficient (Wildman–Crippen LogP) is 2.87. The molecule has 0 spiro atoms. The first-order valence-electron chi connectivity index (χ1n) is 5.95. The van der Waals surface area contributed by atoms with E-state index in [0.29, 0.717) is 13.0 Å². The van der Waals surface area contributed by atoms with Crippen LogP contribution in [-0.2, 0) is 4.79 Å². The summed E-state index contributed by atoms with van der Waals surface area (Å²) < 4.78 is 0.985. The third kappa shape index (κ3) is 5.49. The van der Waals surface area contributed by atoms with Gasteiger partial charge in [0, 0.05) is 29.2 Å². The Labute approximate surface area is 117 Å². The van der Waals surface area contributed by atoms with Gasteiger partial charge in [-0.2, -0.15) is 0 Å². The Morgan fingerprint density at radius 3 is 2.67 bits per heavy atom. The summed E-state index contributed by atoms with van der Waals surface area (Å²) in [6, 6.07) is 1.95. The minimum atomic E-state index is -0.177.